The quantitative estimate of drug-likeness (QED) is 0.213. The Morgan fingerprint density at radius 3 is 2.61 bits per heavy atom. The van der Waals surface area contributed by atoms with E-state index in [-0.39, 0.29) is 28.5 Å². The molecule has 0 saturated carbocycles. The van der Waals surface area contributed by atoms with E-state index in [9.17, 15) is 9.59 Å². The lowest BCUT2D eigenvalue weighted by molar-refractivity contribution is -0.113. The third-order valence-corrected chi connectivity index (χ3v) is 7.21. The minimum atomic E-state index is -0.438. The first-order chi connectivity index (χ1) is 17.3. The highest BCUT2D eigenvalue weighted by molar-refractivity contribution is 7.99. The summed E-state index contributed by atoms with van der Waals surface area (Å²) in [4.78, 5) is 34.2. The lowest BCUT2D eigenvalue weighted by Crippen LogP contribution is -2.32. The Morgan fingerprint density at radius 2 is 1.89 bits per heavy atom. The monoisotopic (exact) mass is 560 g/mol. The van der Waals surface area contributed by atoms with E-state index in [0.717, 1.165) is 11.3 Å². The number of nitrogens with zero attached hydrogens (tertiary/aromatic N) is 3. The molecule has 186 valence electrons. The molecule has 3 N–H and O–H groups in total. The van der Waals surface area contributed by atoms with E-state index in [1.54, 1.807) is 12.1 Å². The number of thiazole rings is 1. The van der Waals surface area contributed by atoms with E-state index in [0.29, 0.717) is 26.7 Å². The molecule has 0 saturated heterocycles. The van der Waals surface area contributed by atoms with Gasteiger partial charge in [0.25, 0.3) is 5.91 Å². The molecule has 0 bridgehead atoms. The van der Waals surface area contributed by atoms with Crippen LogP contribution in [0.1, 0.15) is 36.1 Å². The number of aromatic amines is 1. The van der Waals surface area contributed by atoms with Crippen molar-refractivity contribution in [2.24, 2.45) is 5.92 Å². The van der Waals surface area contributed by atoms with Gasteiger partial charge in [-0.2, -0.15) is 0 Å². The van der Waals surface area contributed by atoms with Gasteiger partial charge in [0.2, 0.25) is 11.1 Å². The van der Waals surface area contributed by atoms with Crippen LogP contribution in [-0.4, -0.2) is 37.7 Å². The van der Waals surface area contributed by atoms with E-state index in [4.69, 9.17) is 23.2 Å². The van der Waals surface area contributed by atoms with Crippen LogP contribution < -0.4 is 10.6 Å². The van der Waals surface area contributed by atoms with Crippen LogP contribution in [0.4, 0.5) is 5.13 Å². The highest BCUT2D eigenvalue weighted by Crippen LogP contribution is 2.26. The van der Waals surface area contributed by atoms with Crippen LogP contribution >= 0.6 is 46.3 Å². The van der Waals surface area contributed by atoms with Crippen molar-refractivity contribution in [3.63, 3.8) is 0 Å². The fourth-order valence-electron chi connectivity index (χ4n) is 3.26. The summed E-state index contributed by atoms with van der Waals surface area (Å²) in [5.41, 5.74) is 2.11. The maximum absolute atomic E-state index is 12.8. The van der Waals surface area contributed by atoms with Crippen molar-refractivity contribution in [1.82, 2.24) is 25.5 Å². The zero-order valence-electron chi connectivity index (χ0n) is 19.3. The van der Waals surface area contributed by atoms with Crippen molar-refractivity contribution in [3.8, 4) is 11.3 Å². The zero-order valence-corrected chi connectivity index (χ0v) is 22.4. The van der Waals surface area contributed by atoms with Gasteiger partial charge in [-0.15, -0.1) is 16.4 Å². The summed E-state index contributed by atoms with van der Waals surface area (Å²) in [5.74, 6) is 0.0399. The van der Waals surface area contributed by atoms with Crippen molar-refractivity contribution in [2.45, 2.75) is 25.0 Å². The molecule has 2 amide bonds. The van der Waals surface area contributed by atoms with Gasteiger partial charge in [0.15, 0.2) is 5.13 Å². The number of nitrogens with one attached hydrogen (secondary N) is 3. The number of anilines is 1. The van der Waals surface area contributed by atoms with Crippen LogP contribution in [0.15, 0.2) is 59.1 Å². The molecule has 4 rings (SSSR count). The third-order valence-electron chi connectivity index (χ3n) is 5.06. The van der Waals surface area contributed by atoms with Gasteiger partial charge in [-0.1, -0.05) is 79.1 Å². The van der Waals surface area contributed by atoms with Crippen LogP contribution in [0.2, 0.25) is 10.0 Å². The average molecular weight is 562 g/mol. The summed E-state index contributed by atoms with van der Waals surface area (Å²) in [6.07, 6.45) is 0. The lowest BCUT2D eigenvalue weighted by atomic mass is 10.0. The molecule has 0 fully saturated rings. The van der Waals surface area contributed by atoms with Crippen molar-refractivity contribution in [3.05, 3.63) is 75.3 Å². The number of hydrogen-bond acceptors (Lipinski definition) is 7. The lowest BCUT2D eigenvalue weighted by Gasteiger charge is -2.20. The largest absolute Gasteiger partial charge is 0.342 e. The SMILES string of the molecule is CC(C)[C@@H](NC(=O)c1ccc(Cl)cc1Cl)c1nc(SCC(=O)Nc2nc(-c3ccccc3)cs2)n[nH]1. The summed E-state index contributed by atoms with van der Waals surface area (Å²) >= 11 is 14.6. The van der Waals surface area contributed by atoms with Gasteiger partial charge in [0.1, 0.15) is 5.82 Å². The minimum Gasteiger partial charge on any atom is -0.342 e. The molecule has 12 heteroatoms. The Balaban J connectivity index is 1.34. The Kier molecular flexibility index (Phi) is 8.63. The molecule has 0 radical (unpaired) electrons. The summed E-state index contributed by atoms with van der Waals surface area (Å²) in [7, 11) is 0. The Morgan fingerprint density at radius 1 is 1.11 bits per heavy atom. The van der Waals surface area contributed by atoms with Crippen molar-refractivity contribution in [2.75, 3.05) is 11.1 Å². The molecule has 36 heavy (non-hydrogen) atoms. The summed E-state index contributed by atoms with van der Waals surface area (Å²) in [6.45, 7) is 3.91. The van der Waals surface area contributed by atoms with Gasteiger partial charge >= 0.3 is 0 Å². The summed E-state index contributed by atoms with van der Waals surface area (Å²) in [6, 6.07) is 14.0. The molecule has 2 aromatic heterocycles. The second-order valence-electron chi connectivity index (χ2n) is 8.06. The molecule has 0 unspecified atom stereocenters. The standard InChI is InChI=1S/C24H22Cl2N6O2S2/c1-13(2)20(29-22(34)16-9-8-15(25)10-17(16)26)21-30-24(32-31-21)36-12-19(33)28-23-27-18(11-35-23)14-6-4-3-5-7-14/h3-11,13,20H,12H2,1-2H3,(H,29,34)(H,27,28,33)(H,30,31,32)/t20-/m1/s1. The van der Waals surface area contributed by atoms with Gasteiger partial charge in [-0.25, -0.2) is 9.97 Å². The topological polar surface area (TPSA) is 113 Å². The molecule has 0 aliphatic heterocycles. The molecular formula is C24H22Cl2N6O2S2. The number of carbonyl (C=O) groups is 2. The van der Waals surface area contributed by atoms with Gasteiger partial charge in [0.05, 0.1) is 28.1 Å². The number of thioether (sulfide) groups is 1. The second-order valence-corrected chi connectivity index (χ2v) is 10.7. The predicted octanol–water partition coefficient (Wildman–Crippen LogP) is 6.09. The van der Waals surface area contributed by atoms with E-state index in [2.05, 4.69) is 30.8 Å². The van der Waals surface area contributed by atoms with Gasteiger partial charge < -0.3 is 10.6 Å². The summed E-state index contributed by atoms with van der Waals surface area (Å²) < 4.78 is 0. The number of halogens is 2. The normalized spacial score (nSPS) is 11.9. The molecule has 8 nitrogen and oxygen atoms in total. The fourth-order valence-corrected chi connectivity index (χ4v) is 5.10. The average Bonchev–Trinajstić information content (AvgIpc) is 3.51. The number of amides is 2. The van der Waals surface area contributed by atoms with E-state index >= 15 is 0 Å². The third kappa shape index (κ3) is 6.64. The van der Waals surface area contributed by atoms with Crippen LogP contribution in [-0.2, 0) is 4.79 Å². The Bertz CT molecular complexity index is 1360. The molecule has 4 aromatic rings. The van der Waals surface area contributed by atoms with Crippen LogP contribution in [0, 0.1) is 5.92 Å². The predicted molar refractivity (Wildman–Crippen MR) is 145 cm³/mol. The molecule has 1 atom stereocenters. The van der Waals surface area contributed by atoms with Crippen LogP contribution in [0.3, 0.4) is 0 Å². The first kappa shape index (κ1) is 26.2. The minimum absolute atomic E-state index is 0.0119. The van der Waals surface area contributed by atoms with Crippen LogP contribution in [0.5, 0.6) is 0 Å². The number of benzene rings is 2. The Hall–Kier alpha value is -2.92. The first-order valence-electron chi connectivity index (χ1n) is 10.9. The van der Waals surface area contributed by atoms with Gasteiger partial charge in [-0.3, -0.25) is 14.7 Å². The van der Waals surface area contributed by atoms with Crippen molar-refractivity contribution >= 4 is 63.2 Å². The molecule has 2 aromatic carbocycles. The molecular weight excluding hydrogens is 539 g/mol. The molecule has 0 spiro atoms. The summed E-state index contributed by atoms with van der Waals surface area (Å²) in [5, 5.41) is 16.3. The van der Waals surface area contributed by atoms with Gasteiger partial charge in [0, 0.05) is 16.0 Å². The molecule has 0 aliphatic rings. The van der Waals surface area contributed by atoms with Gasteiger partial charge in [-0.05, 0) is 24.1 Å². The Labute approximate surface area is 226 Å². The smallest absolute Gasteiger partial charge is 0.253 e. The number of aromatic nitrogens is 4. The number of rotatable bonds is 9. The van der Waals surface area contributed by atoms with E-state index in [1.807, 2.05) is 49.6 Å². The maximum Gasteiger partial charge on any atom is 0.253 e. The fraction of sp³-hybridized carbons (Fsp3) is 0.208. The number of H-pyrrole nitrogens is 1. The van der Waals surface area contributed by atoms with E-state index < -0.39 is 6.04 Å². The second kappa shape index (κ2) is 11.9. The van der Waals surface area contributed by atoms with E-state index in [1.165, 1.54) is 29.2 Å². The van der Waals surface area contributed by atoms with Crippen molar-refractivity contribution < 1.29 is 9.59 Å². The number of hydrogen-bond donors (Lipinski definition) is 3. The van der Waals surface area contributed by atoms with Crippen molar-refractivity contribution in [1.29, 1.82) is 0 Å². The number of carbonyl (C=O) groups excluding carboxylic acids is 2. The first-order valence-corrected chi connectivity index (χ1v) is 13.5. The molecule has 2 heterocycles. The maximum atomic E-state index is 12.8. The molecule has 0 aliphatic carbocycles. The highest BCUT2D eigenvalue weighted by atomic mass is 35.5. The highest BCUT2D eigenvalue weighted by Gasteiger charge is 2.24. The van der Waals surface area contributed by atoms with Crippen LogP contribution in [0.25, 0.3) is 11.3 Å². The zero-order chi connectivity index (χ0) is 25.7.